The summed E-state index contributed by atoms with van der Waals surface area (Å²) in [4.78, 5) is 12.7. The summed E-state index contributed by atoms with van der Waals surface area (Å²) in [7, 11) is 0. The fourth-order valence-electron chi connectivity index (χ4n) is 7.82. The van der Waals surface area contributed by atoms with Crippen molar-refractivity contribution in [1.82, 2.24) is 0 Å². The Bertz CT molecular complexity index is 1000. The first kappa shape index (κ1) is 22.8. The second kappa shape index (κ2) is 6.96. The van der Waals surface area contributed by atoms with Gasteiger partial charge in [0.15, 0.2) is 18.4 Å². The molecule has 186 valence electrons. The van der Waals surface area contributed by atoms with Gasteiger partial charge in [-0.1, -0.05) is 25.1 Å². The van der Waals surface area contributed by atoms with Crippen molar-refractivity contribution in [2.24, 2.45) is 22.7 Å². The van der Waals surface area contributed by atoms with Gasteiger partial charge < -0.3 is 49.6 Å². The fraction of sp³-hybridized carbons (Fsp3) is 0.696. The van der Waals surface area contributed by atoms with Crippen LogP contribution in [0, 0.1) is 22.7 Å². The Morgan fingerprint density at radius 2 is 1.82 bits per heavy atom. The lowest BCUT2D eigenvalue weighted by atomic mass is 9.11. The van der Waals surface area contributed by atoms with Crippen LogP contribution >= 0.6 is 0 Å². The molecule has 0 radical (unpaired) electrons. The maximum atomic E-state index is 12.7. The lowest BCUT2D eigenvalue weighted by Crippen LogP contribution is -3.10. The summed E-state index contributed by atoms with van der Waals surface area (Å²) in [6.45, 7) is 0.995. The second-order valence-electron chi connectivity index (χ2n) is 10.1. The molecule has 2 heterocycles. The summed E-state index contributed by atoms with van der Waals surface area (Å²) in [5.41, 5.74) is -2.86. The van der Waals surface area contributed by atoms with Crippen molar-refractivity contribution in [3.8, 4) is 0 Å². The second-order valence-corrected chi connectivity index (χ2v) is 10.1. The molecule has 11 unspecified atom stereocenters. The number of esters is 1. The third kappa shape index (κ3) is 2.14. The van der Waals surface area contributed by atoms with Crippen LogP contribution in [0.2, 0.25) is 0 Å². The van der Waals surface area contributed by atoms with E-state index in [-0.39, 0.29) is 13.0 Å². The van der Waals surface area contributed by atoms with E-state index in [4.69, 9.17) is 18.9 Å². The van der Waals surface area contributed by atoms with Crippen LogP contribution in [-0.4, -0.2) is 98.2 Å². The number of hydrogen-bond acceptors (Lipinski definition) is 11. The van der Waals surface area contributed by atoms with Crippen molar-refractivity contribution in [2.45, 2.75) is 61.7 Å². The molecule has 2 aliphatic heterocycles. The molecule has 6 N–H and O–H groups in total. The molecule has 1 spiro atoms. The van der Waals surface area contributed by atoms with Gasteiger partial charge in [0.1, 0.15) is 31.0 Å². The first-order chi connectivity index (χ1) is 16.1. The number of ether oxygens (including phenoxy) is 4. The molecule has 12 atom stereocenters. The van der Waals surface area contributed by atoms with Crippen molar-refractivity contribution in [3.63, 3.8) is 0 Å². The maximum absolute atomic E-state index is 12.7. The average Bonchev–Trinajstić information content (AvgIpc) is 2.82. The Labute approximate surface area is 194 Å². The molecule has 5 aliphatic rings. The highest BCUT2D eigenvalue weighted by Crippen LogP contribution is 2.97. The highest BCUT2D eigenvalue weighted by atomic mass is 16.8. The number of aliphatic hydroxyl groups is 6. The van der Waals surface area contributed by atoms with Crippen molar-refractivity contribution in [3.05, 3.63) is 35.9 Å². The van der Waals surface area contributed by atoms with Crippen LogP contribution < -0.4 is 0 Å². The molecule has 2 saturated heterocycles. The molecule has 0 bridgehead atoms. The Kier molecular flexibility index (Phi) is 4.66. The van der Waals surface area contributed by atoms with Crippen molar-refractivity contribution >= 4 is 5.97 Å². The predicted octanol–water partition coefficient (Wildman–Crippen LogP) is -1.91. The number of hydrogen-bond donors (Lipinski definition) is 6. The summed E-state index contributed by atoms with van der Waals surface area (Å²) in [6, 6.07) is 8.39. The summed E-state index contributed by atoms with van der Waals surface area (Å²) in [6.07, 6.45) is -8.33. The summed E-state index contributed by atoms with van der Waals surface area (Å²) in [5, 5.41) is 62.0. The van der Waals surface area contributed by atoms with E-state index in [9.17, 15) is 35.4 Å². The van der Waals surface area contributed by atoms with Crippen molar-refractivity contribution in [1.29, 1.82) is 0 Å². The molecule has 11 nitrogen and oxygen atoms in total. The number of aliphatic hydroxyl groups excluding tert-OH is 5. The minimum atomic E-state index is -1.62. The zero-order valence-electron chi connectivity index (χ0n) is 18.4. The van der Waals surface area contributed by atoms with Gasteiger partial charge in [-0.25, -0.2) is 4.79 Å². The molecule has 1 aromatic carbocycles. The smallest absolute Gasteiger partial charge is 0.338 e. The largest absolute Gasteiger partial charge is 0.461 e. The van der Waals surface area contributed by atoms with Gasteiger partial charge in [-0.05, 0) is 18.6 Å². The number of carbonyl (C=O) groups is 1. The van der Waals surface area contributed by atoms with Crippen LogP contribution in [0.3, 0.4) is 0 Å². The molecule has 34 heavy (non-hydrogen) atoms. The predicted molar refractivity (Wildman–Crippen MR) is 108 cm³/mol. The number of fused-ring (bicyclic) bond motifs is 1. The summed E-state index contributed by atoms with van der Waals surface area (Å²) < 4.78 is 22.8. The van der Waals surface area contributed by atoms with Gasteiger partial charge in [0.25, 0.3) is 0 Å². The molecule has 3 saturated carbocycles. The van der Waals surface area contributed by atoms with Crippen LogP contribution in [0.15, 0.2) is 30.3 Å². The molecule has 1 aromatic rings. The molecule has 6 rings (SSSR count). The molecule has 0 aromatic heterocycles. The standard InChI is InChI=1S/C23H28O11/c1-10-21(33-18-16(27)15(26)14(25)12(8-24)32-18)7-13-20(21,22(10)19(29)34-23(13,22)30)9-31-17(28)11-5-3-2-4-6-11/h2-6,10,12-16,18-19,24-27,29-30H,7-9H2,1H3/t10?,12?,13?,14?,15?,16?,18?,19?,20?,21?,22?,23-/m0/s1. The van der Waals surface area contributed by atoms with Gasteiger partial charge in [0.05, 0.1) is 28.6 Å². The van der Waals surface area contributed by atoms with Gasteiger partial charge in [-0.2, -0.15) is 0 Å². The number of rotatable bonds is 6. The van der Waals surface area contributed by atoms with Crippen LogP contribution in [0.4, 0.5) is 0 Å². The fourth-order valence-corrected chi connectivity index (χ4v) is 7.82. The Hall–Kier alpha value is -1.67. The van der Waals surface area contributed by atoms with E-state index in [1.165, 1.54) is 0 Å². The minimum absolute atomic E-state index is 0.171. The Morgan fingerprint density at radius 3 is 2.47 bits per heavy atom. The Morgan fingerprint density at radius 1 is 1.12 bits per heavy atom. The molecular formula is C23H28O11. The first-order valence-electron chi connectivity index (χ1n) is 11.4. The molecule has 0 amide bonds. The Balaban J connectivity index is 1.29. The summed E-state index contributed by atoms with van der Waals surface area (Å²) in [5.74, 6) is -3.13. The molecular weight excluding hydrogens is 452 g/mol. The van der Waals surface area contributed by atoms with Crippen LogP contribution in [0.5, 0.6) is 0 Å². The first-order valence-corrected chi connectivity index (χ1v) is 11.4. The van der Waals surface area contributed by atoms with Crippen LogP contribution in [0.1, 0.15) is 23.7 Å². The van der Waals surface area contributed by atoms with E-state index in [2.05, 4.69) is 0 Å². The lowest BCUT2D eigenvalue weighted by molar-refractivity contribution is -0.701. The van der Waals surface area contributed by atoms with E-state index in [1.54, 1.807) is 37.3 Å². The van der Waals surface area contributed by atoms with Gasteiger partial charge in [0.2, 0.25) is 0 Å². The highest BCUT2D eigenvalue weighted by molar-refractivity contribution is 5.89. The zero-order valence-corrected chi connectivity index (χ0v) is 18.4. The number of carbonyl (C=O) groups excluding carboxylic acids is 1. The van der Waals surface area contributed by atoms with Gasteiger partial charge in [-0.3, -0.25) is 0 Å². The average molecular weight is 480 g/mol. The molecule has 3 aliphatic carbocycles. The third-order valence-electron chi connectivity index (χ3n) is 9.34. The van der Waals surface area contributed by atoms with Crippen molar-refractivity contribution in [2.75, 3.05) is 13.2 Å². The number of benzene rings is 1. The maximum Gasteiger partial charge on any atom is 0.338 e. The van der Waals surface area contributed by atoms with E-state index in [1.807, 2.05) is 0 Å². The van der Waals surface area contributed by atoms with Crippen LogP contribution in [0.25, 0.3) is 0 Å². The topological polar surface area (TPSA) is 175 Å². The lowest BCUT2D eigenvalue weighted by Gasteiger charge is -2.98. The van der Waals surface area contributed by atoms with Crippen LogP contribution in [-0.2, 0) is 18.9 Å². The third-order valence-corrected chi connectivity index (χ3v) is 9.34. The summed E-state index contributed by atoms with van der Waals surface area (Å²) >= 11 is 0. The van der Waals surface area contributed by atoms with Gasteiger partial charge in [0, 0.05) is 11.8 Å². The van der Waals surface area contributed by atoms with E-state index >= 15 is 0 Å². The monoisotopic (exact) mass is 480 g/mol. The molecule has 5 fully saturated rings. The van der Waals surface area contributed by atoms with E-state index < -0.39 is 83.6 Å². The molecule has 11 heteroatoms. The van der Waals surface area contributed by atoms with E-state index in [0.717, 1.165) is 0 Å². The van der Waals surface area contributed by atoms with E-state index in [0.29, 0.717) is 5.56 Å². The van der Waals surface area contributed by atoms with Gasteiger partial charge in [-0.15, -0.1) is 0 Å². The minimum Gasteiger partial charge on any atom is -0.461 e. The quantitative estimate of drug-likeness (QED) is 0.251. The zero-order chi connectivity index (χ0) is 24.3. The van der Waals surface area contributed by atoms with Crippen molar-refractivity contribution < 1.29 is 54.4 Å². The van der Waals surface area contributed by atoms with Gasteiger partial charge >= 0.3 is 5.97 Å². The normalized spacial score (nSPS) is 54.3. The SMILES string of the molecule is CC1C2(OC3OC(CO)C(O)C(O)C3O)CC3C2(COC(=O)c2ccccc2)C12C(O)O[C@@]32O. The highest BCUT2D eigenvalue weighted by Gasteiger charge is 3.09.